The van der Waals surface area contributed by atoms with E-state index in [1.165, 1.54) is 4.88 Å². The third kappa shape index (κ3) is 3.90. The number of aromatic nitrogens is 3. The summed E-state index contributed by atoms with van der Waals surface area (Å²) in [5, 5.41) is 13.3. The Morgan fingerprint density at radius 2 is 2.47 bits per heavy atom. The molecule has 0 radical (unpaired) electrons. The lowest BCUT2D eigenvalue weighted by molar-refractivity contribution is 0.502. The van der Waals surface area contributed by atoms with Crippen molar-refractivity contribution in [1.82, 2.24) is 20.3 Å². The first-order valence-electron chi connectivity index (χ1n) is 5.57. The van der Waals surface area contributed by atoms with Gasteiger partial charge in [0.15, 0.2) is 0 Å². The van der Waals surface area contributed by atoms with Gasteiger partial charge >= 0.3 is 0 Å². The summed E-state index contributed by atoms with van der Waals surface area (Å²) >= 11 is 5.25. The molecule has 0 bridgehead atoms. The Hall–Kier alpha value is -0.720. The highest BCUT2D eigenvalue weighted by Gasteiger charge is 2.06. The fraction of sp³-hybridized carbons (Fsp3) is 0.455. The molecule has 1 unspecified atom stereocenters. The first kappa shape index (κ1) is 12.7. The van der Waals surface area contributed by atoms with Gasteiger partial charge in [0.05, 0.1) is 6.20 Å². The lowest BCUT2D eigenvalue weighted by atomic mass is 10.2. The van der Waals surface area contributed by atoms with Gasteiger partial charge in [0, 0.05) is 33.5 Å². The molecule has 0 amide bonds. The molecular weight excluding hydrogens is 300 g/mol. The van der Waals surface area contributed by atoms with Crippen LogP contribution >= 0.6 is 27.3 Å². The molecule has 0 saturated carbocycles. The summed E-state index contributed by atoms with van der Waals surface area (Å²) in [6.07, 6.45) is 4.65. The van der Waals surface area contributed by atoms with Crippen LogP contribution in [0.2, 0.25) is 0 Å². The second-order valence-corrected chi connectivity index (χ2v) is 5.72. The summed E-state index contributed by atoms with van der Waals surface area (Å²) in [7, 11) is 0. The standard InChI is InChI=1S/C11H15BrN4S/c1-9(11-7-10(12)8-17-11)13-3-2-5-16-6-4-14-15-16/h4,6-9,13H,2-3,5H2,1H3. The predicted molar refractivity (Wildman–Crippen MR) is 73.1 cm³/mol. The first-order chi connectivity index (χ1) is 8.25. The number of hydrogen-bond acceptors (Lipinski definition) is 4. The third-order valence-electron chi connectivity index (χ3n) is 2.50. The van der Waals surface area contributed by atoms with Crippen LogP contribution < -0.4 is 5.32 Å². The molecule has 1 N–H and O–H groups in total. The van der Waals surface area contributed by atoms with E-state index in [0.717, 1.165) is 24.0 Å². The van der Waals surface area contributed by atoms with Crippen molar-refractivity contribution in [2.45, 2.75) is 25.9 Å². The average molecular weight is 315 g/mol. The van der Waals surface area contributed by atoms with Gasteiger partial charge in [-0.3, -0.25) is 4.68 Å². The largest absolute Gasteiger partial charge is 0.309 e. The van der Waals surface area contributed by atoms with Crippen molar-refractivity contribution in [3.63, 3.8) is 0 Å². The smallest absolute Gasteiger partial charge is 0.0692 e. The number of hydrogen-bond donors (Lipinski definition) is 1. The minimum atomic E-state index is 0.405. The second kappa shape index (κ2) is 6.28. The summed E-state index contributed by atoms with van der Waals surface area (Å²) in [5.41, 5.74) is 0. The highest BCUT2D eigenvalue weighted by atomic mass is 79.9. The lowest BCUT2D eigenvalue weighted by Gasteiger charge is -2.11. The molecular formula is C11H15BrN4S. The minimum Gasteiger partial charge on any atom is -0.309 e. The summed E-state index contributed by atoms with van der Waals surface area (Å²) in [5.74, 6) is 0. The fourth-order valence-electron chi connectivity index (χ4n) is 1.57. The van der Waals surface area contributed by atoms with E-state index in [0.29, 0.717) is 6.04 Å². The van der Waals surface area contributed by atoms with Crippen molar-refractivity contribution >= 4 is 27.3 Å². The van der Waals surface area contributed by atoms with E-state index in [-0.39, 0.29) is 0 Å². The molecule has 0 fully saturated rings. The van der Waals surface area contributed by atoms with Crippen molar-refractivity contribution in [1.29, 1.82) is 0 Å². The quantitative estimate of drug-likeness (QED) is 0.834. The summed E-state index contributed by atoms with van der Waals surface area (Å²) in [4.78, 5) is 1.36. The van der Waals surface area contributed by atoms with E-state index >= 15 is 0 Å². The molecule has 0 saturated heterocycles. The number of aryl methyl sites for hydroxylation is 1. The molecule has 2 aromatic heterocycles. The Balaban J connectivity index is 1.68. The highest BCUT2D eigenvalue weighted by molar-refractivity contribution is 9.10. The average Bonchev–Trinajstić information content (AvgIpc) is 2.95. The molecule has 0 aliphatic rings. The lowest BCUT2D eigenvalue weighted by Crippen LogP contribution is -2.20. The van der Waals surface area contributed by atoms with Crippen molar-refractivity contribution in [3.05, 3.63) is 33.2 Å². The van der Waals surface area contributed by atoms with E-state index in [2.05, 4.69) is 49.9 Å². The Bertz CT molecular complexity index is 440. The molecule has 17 heavy (non-hydrogen) atoms. The molecule has 6 heteroatoms. The van der Waals surface area contributed by atoms with Crippen LogP contribution in [-0.2, 0) is 6.54 Å². The van der Waals surface area contributed by atoms with E-state index in [1.807, 2.05) is 10.9 Å². The molecule has 92 valence electrons. The van der Waals surface area contributed by atoms with Crippen LogP contribution in [0.15, 0.2) is 28.3 Å². The molecule has 2 heterocycles. The van der Waals surface area contributed by atoms with Gasteiger partial charge in [0.25, 0.3) is 0 Å². The maximum atomic E-state index is 3.93. The van der Waals surface area contributed by atoms with Gasteiger partial charge in [-0.1, -0.05) is 5.21 Å². The number of rotatable bonds is 6. The zero-order valence-corrected chi connectivity index (χ0v) is 12.0. The first-order valence-corrected chi connectivity index (χ1v) is 7.24. The SMILES string of the molecule is CC(NCCCn1ccnn1)c1cc(Br)cs1. The number of nitrogens with one attached hydrogen (secondary N) is 1. The Kier molecular flexibility index (Phi) is 4.70. The topological polar surface area (TPSA) is 42.7 Å². The molecule has 1 atom stereocenters. The van der Waals surface area contributed by atoms with E-state index in [4.69, 9.17) is 0 Å². The second-order valence-electron chi connectivity index (χ2n) is 3.86. The van der Waals surface area contributed by atoms with Crippen molar-refractivity contribution in [2.75, 3.05) is 6.54 Å². The van der Waals surface area contributed by atoms with Crippen LogP contribution in [0.3, 0.4) is 0 Å². The van der Waals surface area contributed by atoms with Crippen LogP contribution in [-0.4, -0.2) is 21.5 Å². The molecule has 2 aromatic rings. The van der Waals surface area contributed by atoms with Crippen molar-refractivity contribution < 1.29 is 0 Å². The molecule has 0 aliphatic carbocycles. The molecule has 0 spiro atoms. The van der Waals surface area contributed by atoms with E-state index in [1.54, 1.807) is 17.5 Å². The minimum absolute atomic E-state index is 0.405. The van der Waals surface area contributed by atoms with Crippen LogP contribution in [0.1, 0.15) is 24.3 Å². The molecule has 0 aliphatic heterocycles. The molecule has 2 rings (SSSR count). The summed E-state index contributed by atoms with van der Waals surface area (Å²) < 4.78 is 3.02. The number of halogens is 1. The normalized spacial score (nSPS) is 12.8. The summed E-state index contributed by atoms with van der Waals surface area (Å²) in [6, 6.07) is 2.57. The third-order valence-corrected chi connectivity index (χ3v) is 4.38. The summed E-state index contributed by atoms with van der Waals surface area (Å²) in [6.45, 7) is 4.08. The Morgan fingerprint density at radius 1 is 1.59 bits per heavy atom. The maximum absolute atomic E-state index is 3.93. The van der Waals surface area contributed by atoms with Gasteiger partial charge in [0.2, 0.25) is 0 Å². The van der Waals surface area contributed by atoms with Gasteiger partial charge in [0.1, 0.15) is 0 Å². The van der Waals surface area contributed by atoms with E-state index < -0.39 is 0 Å². The number of thiophene rings is 1. The predicted octanol–water partition coefficient (Wildman–Crippen LogP) is 2.84. The van der Waals surface area contributed by atoms with Crippen molar-refractivity contribution in [2.24, 2.45) is 0 Å². The maximum Gasteiger partial charge on any atom is 0.0692 e. The van der Waals surface area contributed by atoms with Gasteiger partial charge in [-0.05, 0) is 41.9 Å². The monoisotopic (exact) mass is 314 g/mol. The molecule has 4 nitrogen and oxygen atoms in total. The van der Waals surface area contributed by atoms with E-state index in [9.17, 15) is 0 Å². The van der Waals surface area contributed by atoms with Crippen LogP contribution in [0.25, 0.3) is 0 Å². The highest BCUT2D eigenvalue weighted by Crippen LogP contribution is 2.25. The zero-order chi connectivity index (χ0) is 12.1. The van der Waals surface area contributed by atoms with Crippen molar-refractivity contribution in [3.8, 4) is 0 Å². The fourth-order valence-corrected chi connectivity index (χ4v) is 3.05. The Labute approximate surface area is 113 Å². The van der Waals surface area contributed by atoms with Gasteiger partial charge in [-0.15, -0.1) is 16.4 Å². The van der Waals surface area contributed by atoms with Crippen LogP contribution in [0, 0.1) is 0 Å². The van der Waals surface area contributed by atoms with Gasteiger partial charge in [-0.25, -0.2) is 0 Å². The molecule has 0 aromatic carbocycles. The Morgan fingerprint density at radius 3 is 3.12 bits per heavy atom. The zero-order valence-electron chi connectivity index (χ0n) is 9.64. The van der Waals surface area contributed by atoms with Crippen LogP contribution in [0.5, 0.6) is 0 Å². The number of nitrogens with zero attached hydrogens (tertiary/aromatic N) is 3. The van der Waals surface area contributed by atoms with Gasteiger partial charge in [-0.2, -0.15) is 0 Å². The van der Waals surface area contributed by atoms with Gasteiger partial charge < -0.3 is 5.32 Å². The van der Waals surface area contributed by atoms with Crippen LogP contribution in [0.4, 0.5) is 0 Å².